The predicted molar refractivity (Wildman–Crippen MR) is 99.0 cm³/mol. The molecule has 0 aliphatic heterocycles. The van der Waals surface area contributed by atoms with E-state index in [1.165, 1.54) is 48.0 Å². The molecule has 0 N–H and O–H groups in total. The summed E-state index contributed by atoms with van der Waals surface area (Å²) >= 11 is 1.89. The molecule has 1 aromatic heterocycles. The number of hydrogen-bond acceptors (Lipinski definition) is 1. The highest BCUT2D eigenvalue weighted by Crippen LogP contribution is 2.41. The lowest BCUT2D eigenvalue weighted by Crippen LogP contribution is -1.90. The summed E-state index contributed by atoms with van der Waals surface area (Å²) in [6, 6.07) is 20.0. The first-order valence-electron chi connectivity index (χ1n) is 7.63. The fraction of sp³-hybridized carbons (Fsp3) is 0.143. The molecule has 0 spiro atoms. The zero-order valence-corrected chi connectivity index (χ0v) is 13.9. The third-order valence-corrected chi connectivity index (χ3v) is 5.48. The number of benzene rings is 3. The molecule has 3 aromatic carbocycles. The summed E-state index contributed by atoms with van der Waals surface area (Å²) < 4.78 is 2.74. The molecule has 0 fully saturated rings. The molecular weight excluding hydrogens is 284 g/mol. The first-order chi connectivity index (χ1) is 10.6. The van der Waals surface area contributed by atoms with Crippen LogP contribution in [-0.4, -0.2) is 0 Å². The van der Waals surface area contributed by atoms with E-state index >= 15 is 0 Å². The SMILES string of the molecule is Cc1cc(C)c(-c2cccc3sc4ccccc4c23)c(C)c1. The molecule has 0 aliphatic carbocycles. The lowest BCUT2D eigenvalue weighted by molar-refractivity contribution is 1.32. The number of hydrogen-bond donors (Lipinski definition) is 0. The van der Waals surface area contributed by atoms with Crippen LogP contribution in [0.1, 0.15) is 16.7 Å². The van der Waals surface area contributed by atoms with E-state index in [9.17, 15) is 0 Å². The van der Waals surface area contributed by atoms with Gasteiger partial charge < -0.3 is 0 Å². The Labute approximate surface area is 135 Å². The Morgan fingerprint density at radius 3 is 2.18 bits per heavy atom. The summed E-state index contributed by atoms with van der Waals surface area (Å²) in [4.78, 5) is 0. The van der Waals surface area contributed by atoms with Crippen LogP contribution in [0.15, 0.2) is 54.6 Å². The van der Waals surface area contributed by atoms with Gasteiger partial charge in [0.15, 0.2) is 0 Å². The quantitative estimate of drug-likeness (QED) is 0.369. The largest absolute Gasteiger partial charge is 0.135 e. The van der Waals surface area contributed by atoms with Crippen LogP contribution in [0.2, 0.25) is 0 Å². The topological polar surface area (TPSA) is 0 Å². The third kappa shape index (κ3) is 1.97. The Kier molecular flexibility index (Phi) is 3.05. The maximum absolute atomic E-state index is 2.29. The smallest absolute Gasteiger partial charge is 0.0361 e. The van der Waals surface area contributed by atoms with Crippen molar-refractivity contribution < 1.29 is 0 Å². The lowest BCUT2D eigenvalue weighted by Gasteiger charge is -2.13. The van der Waals surface area contributed by atoms with Crippen LogP contribution < -0.4 is 0 Å². The van der Waals surface area contributed by atoms with Crippen molar-refractivity contribution in [2.75, 3.05) is 0 Å². The van der Waals surface area contributed by atoms with Gasteiger partial charge in [0, 0.05) is 20.2 Å². The molecule has 4 aromatic rings. The molecule has 0 saturated carbocycles. The first-order valence-corrected chi connectivity index (χ1v) is 8.45. The van der Waals surface area contributed by atoms with Gasteiger partial charge in [-0.25, -0.2) is 0 Å². The maximum Gasteiger partial charge on any atom is 0.0361 e. The van der Waals surface area contributed by atoms with Crippen molar-refractivity contribution in [2.45, 2.75) is 20.8 Å². The van der Waals surface area contributed by atoms with Gasteiger partial charge in [-0.2, -0.15) is 0 Å². The molecule has 0 nitrogen and oxygen atoms in total. The van der Waals surface area contributed by atoms with Crippen molar-refractivity contribution in [2.24, 2.45) is 0 Å². The Bertz CT molecular complexity index is 982. The number of fused-ring (bicyclic) bond motifs is 3. The van der Waals surface area contributed by atoms with E-state index in [0.717, 1.165) is 0 Å². The van der Waals surface area contributed by atoms with Gasteiger partial charge in [0.2, 0.25) is 0 Å². The van der Waals surface area contributed by atoms with E-state index in [1.54, 1.807) is 0 Å². The summed E-state index contributed by atoms with van der Waals surface area (Å²) in [6.45, 7) is 6.62. The highest BCUT2D eigenvalue weighted by atomic mass is 32.1. The normalized spacial score (nSPS) is 11.4. The molecule has 22 heavy (non-hydrogen) atoms. The maximum atomic E-state index is 2.29. The van der Waals surface area contributed by atoms with Gasteiger partial charge in [0.1, 0.15) is 0 Å². The fourth-order valence-corrected chi connectivity index (χ4v) is 4.72. The van der Waals surface area contributed by atoms with Crippen LogP contribution in [0.4, 0.5) is 0 Å². The standard InChI is InChI=1S/C21H18S/c1-13-11-14(2)20(15(3)12-13)17-8-6-10-19-21(17)16-7-4-5-9-18(16)22-19/h4-12H,1-3H3. The van der Waals surface area contributed by atoms with Crippen molar-refractivity contribution in [3.05, 3.63) is 71.3 Å². The number of rotatable bonds is 1. The Morgan fingerprint density at radius 2 is 1.41 bits per heavy atom. The van der Waals surface area contributed by atoms with Gasteiger partial charge in [0.25, 0.3) is 0 Å². The minimum Gasteiger partial charge on any atom is -0.135 e. The highest BCUT2D eigenvalue weighted by molar-refractivity contribution is 7.25. The molecule has 108 valence electrons. The van der Waals surface area contributed by atoms with Gasteiger partial charge in [0.05, 0.1) is 0 Å². The minimum atomic E-state index is 1.33. The molecule has 0 radical (unpaired) electrons. The average Bonchev–Trinajstić information content (AvgIpc) is 2.85. The molecule has 0 aliphatic rings. The minimum absolute atomic E-state index is 1.33. The summed E-state index contributed by atoms with van der Waals surface area (Å²) in [5.74, 6) is 0. The van der Waals surface area contributed by atoms with Crippen LogP contribution in [0.5, 0.6) is 0 Å². The second-order valence-electron chi connectivity index (χ2n) is 6.05. The highest BCUT2D eigenvalue weighted by Gasteiger charge is 2.13. The van der Waals surface area contributed by atoms with Gasteiger partial charge in [-0.1, -0.05) is 48.0 Å². The van der Waals surface area contributed by atoms with E-state index in [0.29, 0.717) is 0 Å². The van der Waals surface area contributed by atoms with Crippen LogP contribution in [0.3, 0.4) is 0 Å². The monoisotopic (exact) mass is 302 g/mol. The molecule has 0 unspecified atom stereocenters. The lowest BCUT2D eigenvalue weighted by atomic mass is 9.91. The molecular formula is C21H18S. The van der Waals surface area contributed by atoms with E-state index in [2.05, 4.69) is 75.4 Å². The summed E-state index contributed by atoms with van der Waals surface area (Å²) in [6.07, 6.45) is 0. The summed E-state index contributed by atoms with van der Waals surface area (Å²) in [5, 5.41) is 2.77. The Balaban J connectivity index is 2.16. The number of aryl methyl sites for hydroxylation is 3. The van der Waals surface area contributed by atoms with Crippen LogP contribution in [0, 0.1) is 20.8 Å². The Hall–Kier alpha value is -2.12. The van der Waals surface area contributed by atoms with E-state index in [1.807, 2.05) is 11.3 Å². The molecule has 0 saturated heterocycles. The van der Waals surface area contributed by atoms with E-state index < -0.39 is 0 Å². The average molecular weight is 302 g/mol. The van der Waals surface area contributed by atoms with E-state index in [4.69, 9.17) is 0 Å². The predicted octanol–water partition coefficient (Wildman–Crippen LogP) is 6.65. The van der Waals surface area contributed by atoms with E-state index in [-0.39, 0.29) is 0 Å². The van der Waals surface area contributed by atoms with Crippen LogP contribution >= 0.6 is 11.3 Å². The number of thiophene rings is 1. The molecule has 0 atom stereocenters. The van der Waals surface area contributed by atoms with Crippen molar-refractivity contribution in [1.29, 1.82) is 0 Å². The molecule has 0 amide bonds. The zero-order valence-electron chi connectivity index (χ0n) is 13.1. The Morgan fingerprint density at radius 1 is 0.727 bits per heavy atom. The second kappa shape index (κ2) is 4.96. The fourth-order valence-electron chi connectivity index (χ4n) is 3.59. The molecule has 0 bridgehead atoms. The van der Waals surface area contributed by atoms with Gasteiger partial charge in [-0.05, 0) is 55.2 Å². The third-order valence-electron chi connectivity index (χ3n) is 4.35. The molecule has 1 heteroatoms. The van der Waals surface area contributed by atoms with Crippen LogP contribution in [-0.2, 0) is 0 Å². The summed E-state index contributed by atoms with van der Waals surface area (Å²) in [7, 11) is 0. The van der Waals surface area contributed by atoms with Gasteiger partial charge in [-0.3, -0.25) is 0 Å². The van der Waals surface area contributed by atoms with Gasteiger partial charge in [-0.15, -0.1) is 11.3 Å². The van der Waals surface area contributed by atoms with Crippen molar-refractivity contribution in [3.63, 3.8) is 0 Å². The van der Waals surface area contributed by atoms with Crippen molar-refractivity contribution in [3.8, 4) is 11.1 Å². The molecule has 1 heterocycles. The van der Waals surface area contributed by atoms with Crippen molar-refractivity contribution in [1.82, 2.24) is 0 Å². The molecule has 4 rings (SSSR count). The van der Waals surface area contributed by atoms with Gasteiger partial charge >= 0.3 is 0 Å². The summed E-state index contributed by atoms with van der Waals surface area (Å²) in [5.41, 5.74) is 6.81. The second-order valence-corrected chi connectivity index (χ2v) is 7.13. The zero-order chi connectivity index (χ0) is 15.3. The first kappa shape index (κ1) is 13.5. The van der Waals surface area contributed by atoms with Crippen LogP contribution in [0.25, 0.3) is 31.3 Å². The van der Waals surface area contributed by atoms with Crippen molar-refractivity contribution >= 4 is 31.5 Å².